The molecule has 3 N–H and O–H groups in total. The molecule has 0 radical (unpaired) electrons. The molecule has 0 aliphatic rings. The van der Waals surface area contributed by atoms with Gasteiger partial charge in [0.15, 0.2) is 0 Å². The van der Waals surface area contributed by atoms with Gasteiger partial charge in [-0.25, -0.2) is 14.4 Å². The topological polar surface area (TPSA) is 105 Å². The minimum Gasteiger partial charge on any atom is -0.334 e. The Labute approximate surface area is 152 Å². The maximum absolute atomic E-state index is 13.3. The molecular weight excluding hydrogens is 363 g/mol. The van der Waals surface area contributed by atoms with Crippen LogP contribution < -0.4 is 16.2 Å². The minimum atomic E-state index is -0.623. The molecule has 0 bridgehead atoms. The predicted molar refractivity (Wildman–Crippen MR) is 97.1 cm³/mol. The first-order valence-corrected chi connectivity index (χ1v) is 7.71. The van der Waals surface area contributed by atoms with E-state index in [-0.39, 0.29) is 22.3 Å². The van der Waals surface area contributed by atoms with Gasteiger partial charge in [-0.05, 0) is 30.3 Å². The van der Waals surface area contributed by atoms with Crippen LogP contribution in [-0.2, 0) is 0 Å². The molecule has 0 atom stereocenters. The number of nitrogens with one attached hydrogen (secondary N) is 3. The van der Waals surface area contributed by atoms with Gasteiger partial charge in [0.2, 0.25) is 11.6 Å². The highest BCUT2D eigenvalue weighted by Gasteiger charge is 2.23. The first-order chi connectivity index (χ1) is 12.5. The van der Waals surface area contributed by atoms with Crippen molar-refractivity contribution in [1.29, 1.82) is 0 Å². The van der Waals surface area contributed by atoms with E-state index >= 15 is 0 Å². The van der Waals surface area contributed by atoms with Gasteiger partial charge < -0.3 is 5.32 Å². The molecule has 0 saturated carbocycles. The summed E-state index contributed by atoms with van der Waals surface area (Å²) < 4.78 is 13.3. The fourth-order valence-electron chi connectivity index (χ4n) is 2.10. The highest BCUT2D eigenvalue weighted by Crippen LogP contribution is 2.32. The zero-order valence-electron chi connectivity index (χ0n) is 13.1. The molecule has 0 aliphatic carbocycles. The van der Waals surface area contributed by atoms with Crippen molar-refractivity contribution in [3.05, 3.63) is 75.8 Å². The number of nitrogens with zero attached hydrogens (tertiary/aromatic N) is 3. The lowest BCUT2D eigenvalue weighted by Crippen LogP contribution is -2.13. The van der Waals surface area contributed by atoms with Gasteiger partial charge in [-0.1, -0.05) is 29.8 Å². The maximum Gasteiger partial charge on any atom is 0.355 e. The Hall–Kier alpha value is -3.46. The molecule has 26 heavy (non-hydrogen) atoms. The maximum atomic E-state index is 13.3. The van der Waals surface area contributed by atoms with Crippen LogP contribution >= 0.6 is 11.6 Å². The lowest BCUT2D eigenvalue weighted by molar-refractivity contribution is -0.383. The molecule has 2 aromatic carbocycles. The molecule has 132 valence electrons. The van der Waals surface area contributed by atoms with Crippen LogP contribution in [0.15, 0.2) is 54.9 Å². The predicted octanol–water partition coefficient (Wildman–Crippen LogP) is 4.36. The molecule has 0 unspecified atom stereocenters. The van der Waals surface area contributed by atoms with Crippen molar-refractivity contribution in [2.24, 2.45) is 0 Å². The van der Waals surface area contributed by atoms with Crippen LogP contribution in [0.2, 0.25) is 5.02 Å². The number of anilines is 4. The molecule has 3 rings (SSSR count). The van der Waals surface area contributed by atoms with Crippen LogP contribution in [0.5, 0.6) is 0 Å². The Morgan fingerprint density at radius 3 is 2.42 bits per heavy atom. The van der Waals surface area contributed by atoms with Crippen molar-refractivity contribution in [3.63, 3.8) is 0 Å². The lowest BCUT2D eigenvalue weighted by Gasteiger charge is -2.11. The summed E-state index contributed by atoms with van der Waals surface area (Å²) in [5.41, 5.74) is 6.17. The summed E-state index contributed by atoms with van der Waals surface area (Å²) in [6, 6.07) is 12.9. The van der Waals surface area contributed by atoms with Crippen molar-refractivity contribution >= 4 is 40.3 Å². The highest BCUT2D eigenvalue weighted by atomic mass is 35.5. The van der Waals surface area contributed by atoms with Gasteiger partial charge in [0.1, 0.15) is 12.1 Å². The minimum absolute atomic E-state index is 0.0374. The third-order valence-electron chi connectivity index (χ3n) is 3.29. The van der Waals surface area contributed by atoms with Crippen LogP contribution in [0.3, 0.4) is 0 Å². The Morgan fingerprint density at radius 1 is 1.00 bits per heavy atom. The van der Waals surface area contributed by atoms with Crippen molar-refractivity contribution in [3.8, 4) is 0 Å². The van der Waals surface area contributed by atoms with Gasteiger partial charge in [0.05, 0.1) is 15.6 Å². The summed E-state index contributed by atoms with van der Waals surface area (Å²) in [6.07, 6.45) is 1.16. The number of hydrogen-bond donors (Lipinski definition) is 3. The Morgan fingerprint density at radius 2 is 1.73 bits per heavy atom. The van der Waals surface area contributed by atoms with Gasteiger partial charge in [0, 0.05) is 5.69 Å². The average molecular weight is 375 g/mol. The molecule has 1 heterocycles. The van der Waals surface area contributed by atoms with Crippen LogP contribution in [0.25, 0.3) is 0 Å². The van der Waals surface area contributed by atoms with Crippen molar-refractivity contribution in [2.75, 3.05) is 16.2 Å². The van der Waals surface area contributed by atoms with Crippen LogP contribution in [0, 0.1) is 15.9 Å². The first kappa shape index (κ1) is 17.4. The van der Waals surface area contributed by atoms with E-state index in [1.54, 1.807) is 12.1 Å². The average Bonchev–Trinajstić information content (AvgIpc) is 2.64. The number of para-hydroxylation sites is 1. The number of hydrogen-bond acceptors (Lipinski definition) is 7. The van der Waals surface area contributed by atoms with Gasteiger partial charge in [-0.15, -0.1) is 0 Å². The van der Waals surface area contributed by atoms with Gasteiger partial charge in [-0.2, -0.15) is 0 Å². The van der Waals surface area contributed by atoms with E-state index in [1.165, 1.54) is 12.1 Å². The second-order valence-electron chi connectivity index (χ2n) is 5.05. The van der Waals surface area contributed by atoms with E-state index in [2.05, 4.69) is 26.1 Å². The molecule has 8 nitrogen and oxygen atoms in total. The number of hydrazine groups is 1. The molecule has 0 aliphatic heterocycles. The number of rotatable bonds is 6. The molecule has 3 aromatic rings. The molecule has 1 aromatic heterocycles. The summed E-state index contributed by atoms with van der Waals surface area (Å²) in [5.74, 6) is -0.696. The Balaban J connectivity index is 1.88. The molecule has 0 fully saturated rings. The Bertz CT molecular complexity index is 941. The summed E-state index contributed by atoms with van der Waals surface area (Å²) in [6.45, 7) is 0. The molecule has 10 heteroatoms. The van der Waals surface area contributed by atoms with Crippen molar-refractivity contribution in [1.82, 2.24) is 9.97 Å². The summed E-state index contributed by atoms with van der Waals surface area (Å²) >= 11 is 5.73. The highest BCUT2D eigenvalue weighted by molar-refractivity contribution is 6.31. The SMILES string of the molecule is O=[N+]([O-])c1c(NNc2ccccc2)ncnc1Nc1ccc(F)c(Cl)c1. The van der Waals surface area contributed by atoms with Crippen LogP contribution in [0.1, 0.15) is 0 Å². The van der Waals surface area contributed by atoms with Crippen LogP contribution in [0.4, 0.5) is 33.1 Å². The number of benzene rings is 2. The van der Waals surface area contributed by atoms with Gasteiger partial charge in [-0.3, -0.25) is 21.0 Å². The molecule has 0 spiro atoms. The van der Waals surface area contributed by atoms with Crippen LogP contribution in [-0.4, -0.2) is 14.9 Å². The third kappa shape index (κ3) is 3.95. The fraction of sp³-hybridized carbons (Fsp3) is 0. The number of nitro groups is 1. The molecule has 0 amide bonds. The largest absolute Gasteiger partial charge is 0.355 e. The van der Waals surface area contributed by atoms with Crippen molar-refractivity contribution in [2.45, 2.75) is 0 Å². The van der Waals surface area contributed by atoms with E-state index in [1.807, 2.05) is 18.2 Å². The smallest absolute Gasteiger partial charge is 0.334 e. The van der Waals surface area contributed by atoms with E-state index in [9.17, 15) is 14.5 Å². The fourth-order valence-corrected chi connectivity index (χ4v) is 2.28. The van der Waals surface area contributed by atoms with E-state index in [4.69, 9.17) is 11.6 Å². The quantitative estimate of drug-likeness (QED) is 0.435. The normalized spacial score (nSPS) is 10.2. The summed E-state index contributed by atoms with van der Waals surface area (Å²) in [4.78, 5) is 18.7. The second kappa shape index (κ2) is 7.62. The number of halogens is 2. The van der Waals surface area contributed by atoms with Gasteiger partial charge >= 0.3 is 5.69 Å². The third-order valence-corrected chi connectivity index (χ3v) is 3.58. The second-order valence-corrected chi connectivity index (χ2v) is 5.45. The molecule has 0 saturated heterocycles. The van der Waals surface area contributed by atoms with E-state index in [0.29, 0.717) is 11.4 Å². The van der Waals surface area contributed by atoms with Gasteiger partial charge in [0.25, 0.3) is 0 Å². The number of aromatic nitrogens is 2. The zero-order chi connectivity index (χ0) is 18.5. The standard InChI is InChI=1S/C16H12ClFN6O2/c17-12-8-11(6-7-13(12)18)21-15-14(24(25)26)16(20-9-19-15)23-22-10-4-2-1-3-5-10/h1-9,22H,(H2,19,20,21,23). The molecular formula is C16H12ClFN6O2. The summed E-state index contributed by atoms with van der Waals surface area (Å²) in [5, 5.41) is 14.1. The van der Waals surface area contributed by atoms with E-state index < -0.39 is 10.7 Å². The first-order valence-electron chi connectivity index (χ1n) is 7.33. The lowest BCUT2D eigenvalue weighted by atomic mass is 10.3. The van der Waals surface area contributed by atoms with Crippen molar-refractivity contribution < 1.29 is 9.31 Å². The zero-order valence-corrected chi connectivity index (χ0v) is 13.9. The van der Waals surface area contributed by atoms with E-state index in [0.717, 1.165) is 12.4 Å². The summed E-state index contributed by atoms with van der Waals surface area (Å²) in [7, 11) is 0. The monoisotopic (exact) mass is 374 g/mol. The Kier molecular flexibility index (Phi) is 5.09.